The molecule has 2 aromatic rings. The number of benzene rings is 1. The fraction of sp³-hybridized carbons (Fsp3) is 0.438. The summed E-state index contributed by atoms with van der Waals surface area (Å²) < 4.78 is 1.94. The van der Waals surface area contributed by atoms with Crippen molar-refractivity contribution in [2.24, 2.45) is 12.8 Å². The highest BCUT2D eigenvalue weighted by atomic mass is 15.4. The van der Waals surface area contributed by atoms with Gasteiger partial charge >= 0.3 is 0 Å². The molecular weight excluding hydrogens is 248 g/mol. The van der Waals surface area contributed by atoms with E-state index in [1.54, 1.807) is 0 Å². The number of nitrogens with two attached hydrogens (primary N) is 1. The average Bonchev–Trinajstić information content (AvgIpc) is 2.70. The molecular formula is C16H24N4. The van der Waals surface area contributed by atoms with Crippen molar-refractivity contribution in [3.05, 3.63) is 47.2 Å². The minimum absolute atomic E-state index is 0.385. The fourth-order valence-corrected chi connectivity index (χ4v) is 2.57. The topological polar surface area (TPSA) is 47.1 Å². The van der Waals surface area contributed by atoms with Gasteiger partial charge in [-0.3, -0.25) is 4.68 Å². The molecule has 1 heterocycles. The zero-order valence-corrected chi connectivity index (χ0v) is 12.8. The molecule has 0 amide bonds. The second-order valence-electron chi connectivity index (χ2n) is 5.42. The summed E-state index contributed by atoms with van der Waals surface area (Å²) in [5, 5.41) is 4.52. The first-order valence-electron chi connectivity index (χ1n) is 7.07. The Hall–Kier alpha value is -1.81. The van der Waals surface area contributed by atoms with E-state index in [0.717, 1.165) is 23.6 Å². The van der Waals surface area contributed by atoms with Gasteiger partial charge in [0.1, 0.15) is 5.82 Å². The van der Waals surface area contributed by atoms with Gasteiger partial charge in [-0.25, -0.2) is 0 Å². The van der Waals surface area contributed by atoms with Gasteiger partial charge in [0.2, 0.25) is 0 Å². The summed E-state index contributed by atoms with van der Waals surface area (Å²) in [6.07, 6.45) is 0. The minimum atomic E-state index is 0.385. The van der Waals surface area contributed by atoms with Crippen LogP contribution >= 0.6 is 0 Å². The van der Waals surface area contributed by atoms with Gasteiger partial charge in [0.05, 0.1) is 5.69 Å². The van der Waals surface area contributed by atoms with Crippen LogP contribution in [-0.4, -0.2) is 15.8 Å². The maximum Gasteiger partial charge on any atom is 0.131 e. The van der Waals surface area contributed by atoms with Gasteiger partial charge in [-0.05, 0) is 26.3 Å². The molecule has 0 unspecified atom stereocenters. The number of aromatic nitrogens is 2. The molecule has 0 aliphatic heterocycles. The molecule has 0 aliphatic rings. The average molecular weight is 272 g/mol. The molecule has 2 rings (SSSR count). The molecule has 2 N–H and O–H groups in total. The van der Waals surface area contributed by atoms with Gasteiger partial charge < -0.3 is 10.6 Å². The lowest BCUT2D eigenvalue weighted by Gasteiger charge is -2.30. The van der Waals surface area contributed by atoms with Crippen LogP contribution < -0.4 is 10.6 Å². The number of anilines is 1. The largest absolute Gasteiger partial charge is 0.350 e. The maximum absolute atomic E-state index is 5.92. The van der Waals surface area contributed by atoms with Crippen molar-refractivity contribution in [3.63, 3.8) is 0 Å². The zero-order valence-electron chi connectivity index (χ0n) is 12.8. The Bertz CT molecular complexity index is 557. The molecule has 0 fully saturated rings. The van der Waals surface area contributed by atoms with E-state index in [9.17, 15) is 0 Å². The summed E-state index contributed by atoms with van der Waals surface area (Å²) in [6, 6.07) is 10.9. The maximum atomic E-state index is 5.92. The quantitative estimate of drug-likeness (QED) is 0.910. The first-order valence-corrected chi connectivity index (χ1v) is 7.07. The number of hydrogen-bond acceptors (Lipinski definition) is 3. The van der Waals surface area contributed by atoms with Gasteiger partial charge in [-0.15, -0.1) is 0 Å². The number of rotatable bonds is 5. The van der Waals surface area contributed by atoms with Gasteiger partial charge in [-0.2, -0.15) is 5.10 Å². The van der Waals surface area contributed by atoms with E-state index in [4.69, 9.17) is 5.73 Å². The van der Waals surface area contributed by atoms with Gasteiger partial charge in [-0.1, -0.05) is 30.3 Å². The molecule has 4 heteroatoms. The van der Waals surface area contributed by atoms with Crippen LogP contribution in [0.1, 0.15) is 30.7 Å². The molecule has 0 atom stereocenters. The number of nitrogens with zero attached hydrogens (tertiary/aromatic N) is 3. The molecule has 0 radical (unpaired) electrons. The lowest BCUT2D eigenvalue weighted by molar-refractivity contribution is 0.631. The lowest BCUT2D eigenvalue weighted by atomic mass is 10.1. The summed E-state index contributed by atoms with van der Waals surface area (Å²) in [7, 11) is 1.99. The lowest BCUT2D eigenvalue weighted by Crippen LogP contribution is -2.33. The van der Waals surface area contributed by atoms with E-state index < -0.39 is 0 Å². The standard InChI is InChI=1S/C16H24N4/c1-12(2)20(11-14-8-6-5-7-9-14)16-15(10-17)13(3)18-19(16)4/h5-9,12H,10-11,17H2,1-4H3. The Balaban J connectivity index is 2.39. The summed E-state index contributed by atoms with van der Waals surface area (Å²) in [4.78, 5) is 2.36. The van der Waals surface area contributed by atoms with Crippen molar-refractivity contribution in [1.29, 1.82) is 0 Å². The number of hydrogen-bond donors (Lipinski definition) is 1. The van der Waals surface area contributed by atoms with Crippen molar-refractivity contribution < 1.29 is 0 Å². The first kappa shape index (κ1) is 14.6. The molecule has 4 nitrogen and oxygen atoms in total. The molecule has 0 saturated carbocycles. The van der Waals surface area contributed by atoms with Crippen molar-refractivity contribution in [2.75, 3.05) is 4.90 Å². The second kappa shape index (κ2) is 6.09. The summed E-state index contributed by atoms with van der Waals surface area (Å²) in [5.41, 5.74) is 9.36. The third-order valence-corrected chi connectivity index (χ3v) is 3.61. The SMILES string of the molecule is Cc1nn(C)c(N(Cc2ccccc2)C(C)C)c1CN. The molecule has 20 heavy (non-hydrogen) atoms. The summed E-state index contributed by atoms with van der Waals surface area (Å²) in [5.74, 6) is 1.13. The minimum Gasteiger partial charge on any atom is -0.350 e. The summed E-state index contributed by atoms with van der Waals surface area (Å²) >= 11 is 0. The highest BCUT2D eigenvalue weighted by Gasteiger charge is 2.20. The van der Waals surface area contributed by atoms with Gasteiger partial charge in [0.15, 0.2) is 0 Å². The van der Waals surface area contributed by atoms with Crippen LogP contribution in [0.3, 0.4) is 0 Å². The van der Waals surface area contributed by atoms with Crippen molar-refractivity contribution in [3.8, 4) is 0 Å². The Morgan fingerprint density at radius 2 is 1.90 bits per heavy atom. The Morgan fingerprint density at radius 1 is 1.25 bits per heavy atom. The molecule has 108 valence electrons. The Morgan fingerprint density at radius 3 is 2.45 bits per heavy atom. The van der Waals surface area contributed by atoms with Crippen LogP contribution in [0, 0.1) is 6.92 Å². The normalized spacial score (nSPS) is 11.1. The predicted octanol–water partition coefficient (Wildman–Crippen LogP) is 2.60. The van der Waals surface area contributed by atoms with Gasteiger partial charge in [0, 0.05) is 31.7 Å². The number of aryl methyl sites for hydroxylation is 2. The Kier molecular flexibility index (Phi) is 4.45. The van der Waals surface area contributed by atoms with E-state index in [-0.39, 0.29) is 0 Å². The summed E-state index contributed by atoms with van der Waals surface area (Å²) in [6.45, 7) is 7.81. The molecule has 0 spiro atoms. The highest BCUT2D eigenvalue weighted by molar-refractivity contribution is 5.51. The van der Waals surface area contributed by atoms with E-state index in [0.29, 0.717) is 12.6 Å². The van der Waals surface area contributed by atoms with E-state index in [1.165, 1.54) is 5.56 Å². The van der Waals surface area contributed by atoms with E-state index in [2.05, 4.69) is 48.1 Å². The predicted molar refractivity (Wildman–Crippen MR) is 83.6 cm³/mol. The van der Waals surface area contributed by atoms with Crippen LogP contribution in [0.5, 0.6) is 0 Å². The van der Waals surface area contributed by atoms with Crippen molar-refractivity contribution in [2.45, 2.75) is 39.9 Å². The van der Waals surface area contributed by atoms with Crippen LogP contribution in [0.15, 0.2) is 30.3 Å². The monoisotopic (exact) mass is 272 g/mol. The van der Waals surface area contributed by atoms with Crippen LogP contribution in [0.4, 0.5) is 5.82 Å². The zero-order chi connectivity index (χ0) is 14.7. The molecule has 1 aromatic heterocycles. The first-order chi connectivity index (χ1) is 9.54. The molecule has 0 aliphatic carbocycles. The third-order valence-electron chi connectivity index (χ3n) is 3.61. The van der Waals surface area contributed by atoms with E-state index >= 15 is 0 Å². The van der Waals surface area contributed by atoms with E-state index in [1.807, 2.05) is 24.7 Å². The van der Waals surface area contributed by atoms with Crippen molar-refractivity contribution in [1.82, 2.24) is 9.78 Å². The Labute approximate surface area is 121 Å². The highest BCUT2D eigenvalue weighted by Crippen LogP contribution is 2.26. The third kappa shape index (κ3) is 2.85. The van der Waals surface area contributed by atoms with Crippen LogP contribution in [0.2, 0.25) is 0 Å². The van der Waals surface area contributed by atoms with Gasteiger partial charge in [0.25, 0.3) is 0 Å². The fourth-order valence-electron chi connectivity index (χ4n) is 2.57. The van der Waals surface area contributed by atoms with Crippen LogP contribution in [-0.2, 0) is 20.1 Å². The second-order valence-corrected chi connectivity index (χ2v) is 5.42. The molecule has 0 saturated heterocycles. The van der Waals surface area contributed by atoms with Crippen molar-refractivity contribution >= 4 is 5.82 Å². The smallest absolute Gasteiger partial charge is 0.131 e. The molecule has 0 bridgehead atoms. The molecule has 1 aromatic carbocycles. The van der Waals surface area contributed by atoms with Crippen LogP contribution in [0.25, 0.3) is 0 Å².